The van der Waals surface area contributed by atoms with Gasteiger partial charge in [-0.1, -0.05) is 11.6 Å². The monoisotopic (exact) mass is 305 g/mol. The van der Waals surface area contributed by atoms with Crippen LogP contribution in [0.1, 0.15) is 12.1 Å². The molecule has 0 fully saturated rings. The number of hydrogen-bond acceptors (Lipinski definition) is 2. The van der Waals surface area contributed by atoms with Gasteiger partial charge in [0.2, 0.25) is 0 Å². The van der Waals surface area contributed by atoms with E-state index >= 15 is 0 Å². The number of pyridine rings is 1. The highest BCUT2D eigenvalue weighted by atomic mass is 127. The number of hydrogen-bond donors (Lipinski definition) is 1. The van der Waals surface area contributed by atoms with E-state index in [-0.39, 0.29) is 8.59 Å². The molecule has 1 heterocycles. The van der Waals surface area contributed by atoms with E-state index in [2.05, 4.69) is 4.98 Å². The van der Waals surface area contributed by atoms with E-state index < -0.39 is 17.9 Å². The van der Waals surface area contributed by atoms with Gasteiger partial charge in [-0.05, 0) is 22.6 Å². The van der Waals surface area contributed by atoms with Crippen LogP contribution >= 0.6 is 34.2 Å². The fourth-order valence-electron chi connectivity index (χ4n) is 0.629. The van der Waals surface area contributed by atoms with Gasteiger partial charge in [-0.3, -0.25) is 0 Å². The molecule has 66 valence electrons. The Morgan fingerprint density at radius 2 is 2.17 bits per heavy atom. The second-order valence-corrected chi connectivity index (χ2v) is 3.44. The minimum absolute atomic E-state index is 0.164. The minimum atomic E-state index is -2.78. The fourth-order valence-corrected chi connectivity index (χ4v) is 1.18. The quantitative estimate of drug-likeness (QED) is 0.809. The molecule has 1 aromatic heterocycles. The standard InChI is InChI=1S/C6H3ClF2INO/c7-2-1-11-4(6(8)9)5(12)3(2)10/h1,6,12H. The minimum Gasteiger partial charge on any atom is -0.505 e. The first-order valence-electron chi connectivity index (χ1n) is 2.85. The Kier molecular flexibility index (Phi) is 3.05. The molecule has 0 unspecified atom stereocenters. The number of nitrogens with zero attached hydrogens (tertiary/aromatic N) is 1. The summed E-state index contributed by atoms with van der Waals surface area (Å²) >= 11 is 7.19. The van der Waals surface area contributed by atoms with Crippen molar-refractivity contribution in [3.8, 4) is 5.75 Å². The zero-order chi connectivity index (χ0) is 9.30. The smallest absolute Gasteiger partial charge is 0.284 e. The van der Waals surface area contributed by atoms with Crippen LogP contribution in [0.15, 0.2) is 6.20 Å². The second kappa shape index (κ2) is 3.69. The number of halogens is 4. The van der Waals surface area contributed by atoms with E-state index in [1.165, 1.54) is 0 Å². The third-order valence-electron chi connectivity index (χ3n) is 1.18. The van der Waals surface area contributed by atoms with E-state index in [0.29, 0.717) is 0 Å². The highest BCUT2D eigenvalue weighted by Crippen LogP contribution is 2.33. The highest BCUT2D eigenvalue weighted by molar-refractivity contribution is 14.1. The van der Waals surface area contributed by atoms with E-state index in [4.69, 9.17) is 16.7 Å². The first kappa shape index (κ1) is 9.91. The summed E-state index contributed by atoms with van der Waals surface area (Å²) in [6.07, 6.45) is -1.69. The van der Waals surface area contributed by atoms with E-state index in [0.717, 1.165) is 6.20 Å². The van der Waals surface area contributed by atoms with Gasteiger partial charge < -0.3 is 5.11 Å². The molecule has 0 bridgehead atoms. The second-order valence-electron chi connectivity index (χ2n) is 1.95. The predicted molar refractivity (Wildman–Crippen MR) is 48.6 cm³/mol. The molecule has 0 amide bonds. The van der Waals surface area contributed by atoms with Crippen LogP contribution in [-0.2, 0) is 0 Å². The van der Waals surface area contributed by atoms with Gasteiger partial charge in [0, 0.05) is 6.20 Å². The van der Waals surface area contributed by atoms with Crippen molar-refractivity contribution in [2.45, 2.75) is 6.43 Å². The van der Waals surface area contributed by atoms with Crippen LogP contribution in [0.4, 0.5) is 8.78 Å². The van der Waals surface area contributed by atoms with Crippen molar-refractivity contribution >= 4 is 34.2 Å². The van der Waals surface area contributed by atoms with Crippen LogP contribution in [-0.4, -0.2) is 10.1 Å². The Bertz CT molecular complexity index is 308. The van der Waals surface area contributed by atoms with Crippen molar-refractivity contribution in [1.82, 2.24) is 4.98 Å². The lowest BCUT2D eigenvalue weighted by Gasteiger charge is -2.04. The molecule has 1 N–H and O–H groups in total. The molecule has 0 saturated heterocycles. The van der Waals surface area contributed by atoms with Gasteiger partial charge in [0.05, 0.1) is 8.59 Å². The van der Waals surface area contributed by atoms with E-state index in [1.807, 2.05) is 0 Å². The zero-order valence-corrected chi connectivity index (χ0v) is 8.47. The Morgan fingerprint density at radius 1 is 1.58 bits per heavy atom. The molecule has 0 radical (unpaired) electrons. The van der Waals surface area contributed by atoms with Crippen LogP contribution < -0.4 is 0 Å². The molecule has 0 aliphatic rings. The van der Waals surface area contributed by atoms with Crippen molar-refractivity contribution in [1.29, 1.82) is 0 Å². The highest BCUT2D eigenvalue weighted by Gasteiger charge is 2.18. The summed E-state index contributed by atoms with van der Waals surface area (Å²) in [6, 6.07) is 0. The van der Waals surface area contributed by atoms with E-state index in [1.54, 1.807) is 22.6 Å². The fraction of sp³-hybridized carbons (Fsp3) is 0.167. The molecule has 2 nitrogen and oxygen atoms in total. The number of aromatic hydroxyl groups is 1. The van der Waals surface area contributed by atoms with Gasteiger partial charge >= 0.3 is 0 Å². The van der Waals surface area contributed by atoms with Crippen LogP contribution in [0.3, 0.4) is 0 Å². The van der Waals surface area contributed by atoms with Gasteiger partial charge in [0.1, 0.15) is 5.69 Å². The van der Waals surface area contributed by atoms with Crippen molar-refractivity contribution in [3.05, 3.63) is 20.5 Å². The maximum Gasteiger partial charge on any atom is 0.284 e. The normalized spacial score (nSPS) is 10.8. The molecule has 1 rings (SSSR count). The lowest BCUT2D eigenvalue weighted by atomic mass is 10.3. The zero-order valence-electron chi connectivity index (χ0n) is 5.56. The molecular formula is C6H3ClF2INO. The Morgan fingerprint density at radius 3 is 2.67 bits per heavy atom. The molecule has 6 heteroatoms. The van der Waals surface area contributed by atoms with Crippen molar-refractivity contribution < 1.29 is 13.9 Å². The molecule has 0 saturated carbocycles. The summed E-state index contributed by atoms with van der Waals surface area (Å²) < 4.78 is 24.3. The molecule has 0 spiro atoms. The molecule has 0 atom stereocenters. The summed E-state index contributed by atoms with van der Waals surface area (Å²) in [5, 5.41) is 9.28. The summed E-state index contributed by atoms with van der Waals surface area (Å²) in [5.41, 5.74) is -0.635. The van der Waals surface area contributed by atoms with Crippen molar-refractivity contribution in [2.75, 3.05) is 0 Å². The average Bonchev–Trinajstić information content (AvgIpc) is 2.00. The lowest BCUT2D eigenvalue weighted by Crippen LogP contribution is -1.92. The molecule has 0 aliphatic heterocycles. The van der Waals surface area contributed by atoms with Crippen LogP contribution in [0.5, 0.6) is 5.75 Å². The predicted octanol–water partition coefficient (Wildman–Crippen LogP) is 2.98. The van der Waals surface area contributed by atoms with Gasteiger partial charge in [-0.25, -0.2) is 13.8 Å². The number of alkyl halides is 2. The third-order valence-corrected chi connectivity index (χ3v) is 2.88. The molecular weight excluding hydrogens is 302 g/mol. The summed E-state index contributed by atoms with van der Waals surface area (Å²) in [6.45, 7) is 0. The number of rotatable bonds is 1. The average molecular weight is 305 g/mol. The van der Waals surface area contributed by atoms with Crippen molar-refractivity contribution in [3.63, 3.8) is 0 Å². The first-order valence-corrected chi connectivity index (χ1v) is 4.30. The molecule has 0 aromatic carbocycles. The summed E-state index contributed by atoms with van der Waals surface area (Å²) in [5.74, 6) is -0.543. The number of aromatic nitrogens is 1. The van der Waals surface area contributed by atoms with Gasteiger partial charge in [-0.15, -0.1) is 0 Å². The largest absolute Gasteiger partial charge is 0.505 e. The lowest BCUT2D eigenvalue weighted by molar-refractivity contribution is 0.141. The summed E-state index contributed by atoms with van der Waals surface area (Å²) in [7, 11) is 0. The topological polar surface area (TPSA) is 33.1 Å². The third kappa shape index (κ3) is 1.77. The Labute approximate surface area is 85.7 Å². The molecule has 0 aliphatic carbocycles. The van der Waals surface area contributed by atoms with Crippen LogP contribution in [0, 0.1) is 3.57 Å². The first-order chi connectivity index (χ1) is 5.54. The maximum atomic E-state index is 12.1. The van der Waals surface area contributed by atoms with Crippen molar-refractivity contribution in [2.24, 2.45) is 0 Å². The Balaban J connectivity index is 3.27. The maximum absolute atomic E-state index is 12.1. The summed E-state index contributed by atoms with van der Waals surface area (Å²) in [4.78, 5) is 3.30. The van der Waals surface area contributed by atoms with Gasteiger partial charge in [0.15, 0.2) is 5.75 Å². The molecule has 1 aromatic rings. The Hall–Kier alpha value is -0.170. The van der Waals surface area contributed by atoms with Crippen LogP contribution in [0.25, 0.3) is 0 Å². The van der Waals surface area contributed by atoms with E-state index in [9.17, 15) is 8.78 Å². The van der Waals surface area contributed by atoms with Gasteiger partial charge in [-0.2, -0.15) is 0 Å². The van der Waals surface area contributed by atoms with Gasteiger partial charge in [0.25, 0.3) is 6.43 Å². The molecule has 12 heavy (non-hydrogen) atoms. The SMILES string of the molecule is Oc1c(C(F)F)ncc(Cl)c1I. The van der Waals surface area contributed by atoms with Crippen LogP contribution in [0.2, 0.25) is 5.02 Å².